The minimum Gasteiger partial charge on any atom is -0.389 e. The molecule has 2 nitrogen and oxygen atoms in total. The van der Waals surface area contributed by atoms with Gasteiger partial charge in [-0.25, -0.2) is 0 Å². The van der Waals surface area contributed by atoms with E-state index in [0.29, 0.717) is 0 Å². The van der Waals surface area contributed by atoms with Crippen LogP contribution < -0.4 is 0 Å². The summed E-state index contributed by atoms with van der Waals surface area (Å²) >= 11 is 3.50. The molecule has 0 rings (SSSR count). The lowest BCUT2D eigenvalue weighted by Crippen LogP contribution is -2.42. The predicted octanol–water partition coefficient (Wildman–Crippen LogP) is 2.41. The summed E-state index contributed by atoms with van der Waals surface area (Å²) in [6.45, 7) is 6.29. The maximum absolute atomic E-state index is 5.28. The lowest BCUT2D eigenvalue weighted by atomic mass is 10.3. The number of hydrogen-bond donors (Lipinski definition) is 0. The molecular formula is C6H15BrO2Si. The Kier molecular flexibility index (Phi) is 3.55. The molecule has 0 heterocycles. The van der Waals surface area contributed by atoms with E-state index in [0.717, 1.165) is 0 Å². The highest BCUT2D eigenvalue weighted by atomic mass is 79.9. The highest BCUT2D eigenvalue weighted by molar-refractivity contribution is 9.25. The van der Waals surface area contributed by atoms with Crippen molar-refractivity contribution in [3.63, 3.8) is 0 Å². The van der Waals surface area contributed by atoms with E-state index >= 15 is 0 Å². The molecule has 0 N–H and O–H groups in total. The fourth-order valence-electron chi connectivity index (χ4n) is 0.696. The Morgan fingerprint density at radius 1 is 1.10 bits per heavy atom. The first kappa shape index (κ1) is 10.6. The number of hydrogen-bond acceptors (Lipinski definition) is 2. The van der Waals surface area contributed by atoms with Gasteiger partial charge < -0.3 is 8.85 Å². The molecule has 0 unspecified atom stereocenters. The van der Waals surface area contributed by atoms with Gasteiger partial charge in [-0.1, -0.05) is 36.1 Å². The third-order valence-electron chi connectivity index (χ3n) is 1.42. The van der Waals surface area contributed by atoms with Gasteiger partial charge >= 0.3 is 7.18 Å². The third-order valence-corrected chi connectivity index (χ3v) is 9.77. The van der Waals surface area contributed by atoms with Crippen molar-refractivity contribution in [3.8, 4) is 0 Å². The van der Waals surface area contributed by atoms with Crippen LogP contribution in [0.25, 0.3) is 0 Å². The summed E-state index contributed by atoms with van der Waals surface area (Å²) in [7, 11) is 1.27. The van der Waals surface area contributed by atoms with E-state index < -0.39 is 7.18 Å². The van der Waals surface area contributed by atoms with E-state index in [-0.39, 0.29) is 5.04 Å². The maximum atomic E-state index is 5.28. The lowest BCUT2D eigenvalue weighted by Gasteiger charge is -2.32. The van der Waals surface area contributed by atoms with Crippen LogP contribution in [-0.2, 0) is 8.85 Å². The summed E-state index contributed by atoms with van der Waals surface area (Å²) in [5.74, 6) is 0. The van der Waals surface area contributed by atoms with Gasteiger partial charge in [0.05, 0.1) is 0 Å². The van der Waals surface area contributed by atoms with Gasteiger partial charge in [0, 0.05) is 19.3 Å². The Hall–Kier alpha value is 0.617. The smallest absolute Gasteiger partial charge is 0.389 e. The molecule has 0 fully saturated rings. The average Bonchev–Trinajstić information content (AvgIpc) is 1.84. The zero-order valence-corrected chi connectivity index (χ0v) is 9.78. The van der Waals surface area contributed by atoms with Crippen LogP contribution in [0.1, 0.15) is 20.8 Å². The van der Waals surface area contributed by atoms with Crippen molar-refractivity contribution < 1.29 is 8.85 Å². The molecule has 0 atom stereocenters. The topological polar surface area (TPSA) is 18.5 Å². The molecule has 0 spiro atoms. The molecule has 0 aliphatic heterocycles. The standard InChI is InChI=1S/C6H15BrO2Si/c1-6(2,3)10(7,8-4)9-5/h1-5H3. The minimum atomic E-state index is -2.09. The summed E-state index contributed by atoms with van der Waals surface area (Å²) in [5.41, 5.74) is 0. The minimum absolute atomic E-state index is 0.0660. The number of rotatable bonds is 2. The van der Waals surface area contributed by atoms with Crippen molar-refractivity contribution in [1.82, 2.24) is 0 Å². The molecule has 10 heavy (non-hydrogen) atoms. The van der Waals surface area contributed by atoms with Crippen LogP contribution in [0.2, 0.25) is 5.04 Å². The van der Waals surface area contributed by atoms with Crippen LogP contribution in [0.3, 0.4) is 0 Å². The van der Waals surface area contributed by atoms with Crippen LogP contribution in [0.15, 0.2) is 0 Å². The van der Waals surface area contributed by atoms with Crippen LogP contribution in [0.4, 0.5) is 0 Å². The monoisotopic (exact) mass is 226 g/mol. The van der Waals surface area contributed by atoms with Crippen LogP contribution >= 0.6 is 15.3 Å². The van der Waals surface area contributed by atoms with E-state index in [9.17, 15) is 0 Å². The van der Waals surface area contributed by atoms with Crippen LogP contribution in [0, 0.1) is 0 Å². The molecule has 0 saturated heterocycles. The van der Waals surface area contributed by atoms with Gasteiger partial charge in [0.25, 0.3) is 0 Å². The quantitative estimate of drug-likeness (QED) is 0.532. The van der Waals surface area contributed by atoms with Crippen molar-refractivity contribution in [2.45, 2.75) is 25.8 Å². The van der Waals surface area contributed by atoms with Gasteiger partial charge in [-0.15, -0.1) is 0 Å². The molecule has 0 aromatic carbocycles. The Morgan fingerprint density at radius 3 is 1.40 bits per heavy atom. The van der Waals surface area contributed by atoms with Crippen molar-refractivity contribution in [3.05, 3.63) is 0 Å². The highest BCUT2D eigenvalue weighted by Crippen LogP contribution is 2.40. The van der Waals surface area contributed by atoms with Gasteiger partial charge in [-0.2, -0.15) is 0 Å². The summed E-state index contributed by atoms with van der Waals surface area (Å²) in [4.78, 5) is 0. The van der Waals surface area contributed by atoms with Gasteiger partial charge in [-0.3, -0.25) is 0 Å². The van der Waals surface area contributed by atoms with E-state index in [4.69, 9.17) is 8.85 Å². The van der Waals surface area contributed by atoms with Gasteiger partial charge in [0.1, 0.15) is 0 Å². The maximum Gasteiger partial charge on any atom is 0.419 e. The Morgan fingerprint density at radius 2 is 1.40 bits per heavy atom. The van der Waals surface area contributed by atoms with E-state index in [1.165, 1.54) is 0 Å². The lowest BCUT2D eigenvalue weighted by molar-refractivity contribution is 0.243. The zero-order valence-electron chi connectivity index (χ0n) is 7.19. The second kappa shape index (κ2) is 3.34. The van der Waals surface area contributed by atoms with Crippen molar-refractivity contribution in [1.29, 1.82) is 0 Å². The summed E-state index contributed by atoms with van der Waals surface area (Å²) < 4.78 is 10.6. The molecule has 0 aromatic heterocycles. The van der Waals surface area contributed by atoms with Crippen LogP contribution in [-0.4, -0.2) is 21.4 Å². The fraction of sp³-hybridized carbons (Fsp3) is 1.00. The van der Waals surface area contributed by atoms with Crippen molar-refractivity contribution in [2.75, 3.05) is 14.2 Å². The van der Waals surface area contributed by atoms with Crippen molar-refractivity contribution in [2.24, 2.45) is 0 Å². The molecule has 4 heteroatoms. The van der Waals surface area contributed by atoms with E-state index in [2.05, 4.69) is 36.1 Å². The average molecular weight is 227 g/mol. The van der Waals surface area contributed by atoms with Gasteiger partial charge in [0.15, 0.2) is 0 Å². The summed E-state index contributed by atoms with van der Waals surface area (Å²) in [5, 5.41) is 0.0660. The van der Waals surface area contributed by atoms with Gasteiger partial charge in [0.2, 0.25) is 0 Å². The molecule has 0 aromatic rings. The SMILES string of the molecule is CO[Si](Br)(OC)C(C)(C)C. The van der Waals surface area contributed by atoms with Gasteiger partial charge in [-0.05, 0) is 0 Å². The molecule has 0 saturated carbocycles. The second-order valence-corrected chi connectivity index (χ2v) is 9.72. The van der Waals surface area contributed by atoms with E-state index in [1.54, 1.807) is 14.2 Å². The second-order valence-electron chi connectivity index (χ2n) is 3.19. The largest absolute Gasteiger partial charge is 0.419 e. The van der Waals surface area contributed by atoms with Crippen LogP contribution in [0.5, 0.6) is 0 Å². The highest BCUT2D eigenvalue weighted by Gasteiger charge is 2.45. The Bertz CT molecular complexity index is 107. The number of halogens is 1. The molecule has 62 valence electrons. The molecule has 0 aliphatic rings. The fourth-order valence-corrected chi connectivity index (χ4v) is 2.09. The van der Waals surface area contributed by atoms with Crippen molar-refractivity contribution >= 4 is 22.5 Å². The van der Waals surface area contributed by atoms with E-state index in [1.807, 2.05) is 0 Å². The molecule has 0 aliphatic carbocycles. The first-order chi connectivity index (χ1) is 4.37. The summed E-state index contributed by atoms with van der Waals surface area (Å²) in [6.07, 6.45) is 0. The predicted molar refractivity (Wildman–Crippen MR) is 48.4 cm³/mol. The molecule has 0 radical (unpaired) electrons. The zero-order chi connectivity index (χ0) is 8.41. The Labute approximate surface area is 71.7 Å². The Balaban J connectivity index is 4.33. The first-order valence-corrected chi connectivity index (χ1v) is 7.24. The molecular weight excluding hydrogens is 212 g/mol. The molecule has 0 amide bonds. The first-order valence-electron chi connectivity index (χ1n) is 3.16. The summed E-state index contributed by atoms with van der Waals surface area (Å²) in [6, 6.07) is 0. The normalized spacial score (nSPS) is 13.8. The molecule has 0 bridgehead atoms. The third kappa shape index (κ3) is 2.05.